The highest BCUT2D eigenvalue weighted by Crippen LogP contribution is 2.33. The van der Waals surface area contributed by atoms with Crippen molar-refractivity contribution >= 4 is 0 Å². The van der Waals surface area contributed by atoms with Crippen LogP contribution in [0.1, 0.15) is 71.4 Å². The van der Waals surface area contributed by atoms with Crippen LogP contribution < -0.4 is 5.32 Å². The van der Waals surface area contributed by atoms with E-state index in [1.807, 2.05) is 0 Å². The maximum absolute atomic E-state index is 3.95. The number of benzene rings is 1. The first kappa shape index (κ1) is 15.6. The van der Waals surface area contributed by atoms with Crippen molar-refractivity contribution < 1.29 is 0 Å². The van der Waals surface area contributed by atoms with Crippen LogP contribution in [0.4, 0.5) is 0 Å². The number of nitrogens with one attached hydrogen (secondary N) is 1. The van der Waals surface area contributed by atoms with E-state index in [9.17, 15) is 0 Å². The molecule has 112 valence electrons. The standard InChI is InChI=1S/C19H31N/c1-5-15-11-12-17(13-15)20-18(14-19(2,3)4)16-9-7-6-8-10-16/h6-10,15,17-18,20H,5,11-14H2,1-4H3. The van der Waals surface area contributed by atoms with Gasteiger partial charge in [0.1, 0.15) is 0 Å². The SMILES string of the molecule is CCC1CCC(NC(CC(C)(C)C)c2ccccc2)C1. The van der Waals surface area contributed by atoms with Crippen LogP contribution in [-0.2, 0) is 0 Å². The zero-order chi connectivity index (χ0) is 14.6. The van der Waals surface area contributed by atoms with Crippen LogP contribution in [0.5, 0.6) is 0 Å². The summed E-state index contributed by atoms with van der Waals surface area (Å²) in [5, 5.41) is 3.95. The zero-order valence-electron chi connectivity index (χ0n) is 13.7. The van der Waals surface area contributed by atoms with Crippen molar-refractivity contribution in [3.05, 3.63) is 35.9 Å². The van der Waals surface area contributed by atoms with Crippen molar-refractivity contribution in [3.8, 4) is 0 Å². The van der Waals surface area contributed by atoms with E-state index in [1.165, 1.54) is 37.7 Å². The summed E-state index contributed by atoms with van der Waals surface area (Å²) >= 11 is 0. The quantitative estimate of drug-likeness (QED) is 0.764. The van der Waals surface area contributed by atoms with E-state index in [1.54, 1.807) is 0 Å². The summed E-state index contributed by atoms with van der Waals surface area (Å²) in [6, 6.07) is 12.2. The van der Waals surface area contributed by atoms with E-state index < -0.39 is 0 Å². The fourth-order valence-corrected chi connectivity index (χ4v) is 3.45. The van der Waals surface area contributed by atoms with Crippen molar-refractivity contribution in [2.75, 3.05) is 0 Å². The molecule has 0 bridgehead atoms. The Kier molecular flexibility index (Phi) is 5.26. The highest BCUT2D eigenvalue weighted by Gasteiger charge is 2.27. The minimum Gasteiger partial charge on any atom is -0.307 e. The number of hydrogen-bond donors (Lipinski definition) is 1. The highest BCUT2D eigenvalue weighted by atomic mass is 15.0. The summed E-state index contributed by atoms with van der Waals surface area (Å²) in [4.78, 5) is 0. The second-order valence-corrected chi connectivity index (χ2v) is 7.68. The number of rotatable bonds is 5. The van der Waals surface area contributed by atoms with E-state index >= 15 is 0 Å². The van der Waals surface area contributed by atoms with Crippen molar-refractivity contribution in [3.63, 3.8) is 0 Å². The molecule has 0 saturated heterocycles. The van der Waals surface area contributed by atoms with Gasteiger partial charge in [0.05, 0.1) is 0 Å². The predicted molar refractivity (Wildman–Crippen MR) is 87.8 cm³/mol. The molecule has 0 heterocycles. The van der Waals surface area contributed by atoms with Crippen molar-refractivity contribution in [2.45, 2.75) is 71.9 Å². The molecule has 1 fully saturated rings. The Morgan fingerprint density at radius 3 is 2.40 bits per heavy atom. The first-order valence-electron chi connectivity index (χ1n) is 8.29. The van der Waals surface area contributed by atoms with Gasteiger partial charge in [0.15, 0.2) is 0 Å². The summed E-state index contributed by atoms with van der Waals surface area (Å²) in [5.41, 5.74) is 1.80. The molecule has 0 spiro atoms. The molecule has 1 aromatic rings. The fraction of sp³-hybridized carbons (Fsp3) is 0.684. The van der Waals surface area contributed by atoms with Gasteiger partial charge in [0.2, 0.25) is 0 Å². The summed E-state index contributed by atoms with van der Waals surface area (Å²) < 4.78 is 0. The monoisotopic (exact) mass is 273 g/mol. The second kappa shape index (κ2) is 6.76. The first-order valence-corrected chi connectivity index (χ1v) is 8.29. The molecule has 1 nitrogen and oxygen atoms in total. The molecule has 1 aliphatic carbocycles. The van der Waals surface area contributed by atoms with Gasteiger partial charge >= 0.3 is 0 Å². The van der Waals surface area contributed by atoms with Crippen LogP contribution in [-0.4, -0.2) is 6.04 Å². The van der Waals surface area contributed by atoms with Gasteiger partial charge in [-0.25, -0.2) is 0 Å². The van der Waals surface area contributed by atoms with E-state index in [0.717, 1.165) is 5.92 Å². The average molecular weight is 273 g/mol. The van der Waals surface area contributed by atoms with Crippen LogP contribution in [0.25, 0.3) is 0 Å². The van der Waals surface area contributed by atoms with Crippen LogP contribution in [0.15, 0.2) is 30.3 Å². The van der Waals surface area contributed by atoms with Gasteiger partial charge in [-0.05, 0) is 42.6 Å². The summed E-state index contributed by atoms with van der Waals surface area (Å²) in [5.74, 6) is 0.943. The molecule has 1 aliphatic rings. The van der Waals surface area contributed by atoms with Crippen LogP contribution in [0.2, 0.25) is 0 Å². The molecule has 0 aromatic heterocycles. The molecule has 20 heavy (non-hydrogen) atoms. The Morgan fingerprint density at radius 1 is 1.15 bits per heavy atom. The Balaban J connectivity index is 2.04. The predicted octanol–water partition coefficient (Wildman–Crippen LogP) is 5.33. The van der Waals surface area contributed by atoms with Gasteiger partial charge in [-0.1, -0.05) is 64.4 Å². The third-order valence-electron chi connectivity index (χ3n) is 4.57. The molecule has 0 radical (unpaired) electrons. The highest BCUT2D eigenvalue weighted by molar-refractivity contribution is 5.19. The van der Waals surface area contributed by atoms with Gasteiger partial charge in [-0.2, -0.15) is 0 Å². The first-order chi connectivity index (χ1) is 9.48. The molecule has 3 atom stereocenters. The van der Waals surface area contributed by atoms with Gasteiger partial charge in [0.25, 0.3) is 0 Å². The molecule has 0 amide bonds. The second-order valence-electron chi connectivity index (χ2n) is 7.68. The Bertz CT molecular complexity index is 390. The van der Waals surface area contributed by atoms with Gasteiger partial charge in [-0.15, -0.1) is 0 Å². The lowest BCUT2D eigenvalue weighted by atomic mass is 9.85. The lowest BCUT2D eigenvalue weighted by molar-refractivity contribution is 0.290. The molecule has 1 heteroatoms. The van der Waals surface area contributed by atoms with Crippen LogP contribution in [0.3, 0.4) is 0 Å². The minimum atomic E-state index is 0.357. The molecule has 0 aliphatic heterocycles. The van der Waals surface area contributed by atoms with E-state index in [0.29, 0.717) is 17.5 Å². The molecular weight excluding hydrogens is 242 g/mol. The third-order valence-corrected chi connectivity index (χ3v) is 4.57. The molecule has 1 N–H and O–H groups in total. The van der Waals surface area contributed by atoms with Crippen molar-refractivity contribution in [2.24, 2.45) is 11.3 Å². The van der Waals surface area contributed by atoms with Crippen molar-refractivity contribution in [1.29, 1.82) is 0 Å². The lowest BCUT2D eigenvalue weighted by Gasteiger charge is -2.30. The summed E-state index contributed by atoms with van der Waals surface area (Å²) in [6.45, 7) is 9.35. The zero-order valence-corrected chi connectivity index (χ0v) is 13.7. The average Bonchev–Trinajstić information content (AvgIpc) is 2.85. The lowest BCUT2D eigenvalue weighted by Crippen LogP contribution is -2.33. The maximum atomic E-state index is 3.95. The normalized spacial score (nSPS) is 24.8. The minimum absolute atomic E-state index is 0.357. The summed E-state index contributed by atoms with van der Waals surface area (Å²) in [6.07, 6.45) is 6.67. The van der Waals surface area contributed by atoms with Crippen molar-refractivity contribution in [1.82, 2.24) is 5.32 Å². The van der Waals surface area contributed by atoms with Gasteiger partial charge in [0, 0.05) is 12.1 Å². The van der Waals surface area contributed by atoms with Gasteiger partial charge < -0.3 is 5.32 Å². The molecule has 1 saturated carbocycles. The largest absolute Gasteiger partial charge is 0.307 e. The van der Waals surface area contributed by atoms with E-state index in [-0.39, 0.29) is 0 Å². The third kappa shape index (κ3) is 4.63. The molecule has 1 aromatic carbocycles. The smallest absolute Gasteiger partial charge is 0.0327 e. The molecule has 2 rings (SSSR count). The van der Waals surface area contributed by atoms with Gasteiger partial charge in [-0.3, -0.25) is 0 Å². The fourth-order valence-electron chi connectivity index (χ4n) is 3.45. The molecule has 3 unspecified atom stereocenters. The summed E-state index contributed by atoms with van der Waals surface area (Å²) in [7, 11) is 0. The van der Waals surface area contributed by atoms with Crippen LogP contribution >= 0.6 is 0 Å². The Labute approximate surface area is 125 Å². The Morgan fingerprint density at radius 2 is 1.85 bits per heavy atom. The van der Waals surface area contributed by atoms with E-state index in [4.69, 9.17) is 0 Å². The maximum Gasteiger partial charge on any atom is 0.0327 e. The Hall–Kier alpha value is -0.820. The van der Waals surface area contributed by atoms with Crippen LogP contribution in [0, 0.1) is 11.3 Å². The van der Waals surface area contributed by atoms with E-state index in [2.05, 4.69) is 63.3 Å². The topological polar surface area (TPSA) is 12.0 Å². The number of hydrogen-bond acceptors (Lipinski definition) is 1. The molecular formula is C19H31N.